The zero-order chi connectivity index (χ0) is 12.5. The molecule has 0 unspecified atom stereocenters. The quantitative estimate of drug-likeness (QED) is 0.871. The first kappa shape index (κ1) is 12.8. The maximum absolute atomic E-state index is 13.4. The van der Waals surface area contributed by atoms with Gasteiger partial charge in [-0.25, -0.2) is 13.2 Å². The van der Waals surface area contributed by atoms with E-state index in [1.807, 2.05) is 0 Å². The van der Waals surface area contributed by atoms with Gasteiger partial charge >= 0.3 is 0 Å². The van der Waals surface area contributed by atoms with Gasteiger partial charge in [0.25, 0.3) is 6.43 Å². The SMILES string of the molecule is COc1c(F)cc(C(F)F)cc1C(C)(C)O. The highest BCUT2D eigenvalue weighted by Gasteiger charge is 2.26. The van der Waals surface area contributed by atoms with Crippen LogP contribution in [0, 0.1) is 5.82 Å². The fourth-order valence-electron chi connectivity index (χ4n) is 1.40. The van der Waals surface area contributed by atoms with Crippen molar-refractivity contribution in [3.8, 4) is 5.75 Å². The summed E-state index contributed by atoms with van der Waals surface area (Å²) >= 11 is 0. The summed E-state index contributed by atoms with van der Waals surface area (Å²) in [5.74, 6) is -1.12. The second-order valence-electron chi connectivity index (χ2n) is 3.94. The predicted octanol–water partition coefficient (Wildman–Crippen LogP) is 3.00. The normalized spacial score (nSPS) is 12.0. The number of ether oxygens (including phenoxy) is 1. The minimum atomic E-state index is -2.79. The van der Waals surface area contributed by atoms with Crippen molar-refractivity contribution in [3.05, 3.63) is 29.1 Å². The third-order valence-corrected chi connectivity index (χ3v) is 2.18. The molecule has 0 saturated carbocycles. The first-order chi connectivity index (χ1) is 7.27. The molecule has 1 rings (SSSR count). The topological polar surface area (TPSA) is 29.5 Å². The number of hydrogen-bond acceptors (Lipinski definition) is 2. The Hall–Kier alpha value is -1.23. The van der Waals surface area contributed by atoms with Crippen LogP contribution in [0.5, 0.6) is 5.75 Å². The van der Waals surface area contributed by atoms with Crippen molar-refractivity contribution in [2.75, 3.05) is 7.11 Å². The predicted molar refractivity (Wildman–Crippen MR) is 53.2 cm³/mol. The van der Waals surface area contributed by atoms with Crippen LogP contribution in [0.25, 0.3) is 0 Å². The Balaban J connectivity index is 3.43. The standard InChI is InChI=1S/C11H13F3O2/c1-11(2,15)7-4-6(10(13)14)5-8(12)9(7)16-3/h4-5,10,15H,1-3H3. The molecule has 1 N–H and O–H groups in total. The first-order valence-corrected chi connectivity index (χ1v) is 4.65. The summed E-state index contributed by atoms with van der Waals surface area (Å²) in [6.45, 7) is 2.75. The van der Waals surface area contributed by atoms with Gasteiger partial charge in [-0.1, -0.05) is 0 Å². The average Bonchev–Trinajstić information content (AvgIpc) is 2.14. The van der Waals surface area contributed by atoms with E-state index in [9.17, 15) is 18.3 Å². The van der Waals surface area contributed by atoms with Crippen molar-refractivity contribution in [1.29, 1.82) is 0 Å². The molecule has 16 heavy (non-hydrogen) atoms. The van der Waals surface area contributed by atoms with Gasteiger partial charge in [-0.3, -0.25) is 0 Å². The van der Waals surface area contributed by atoms with Crippen molar-refractivity contribution in [2.24, 2.45) is 0 Å². The maximum Gasteiger partial charge on any atom is 0.263 e. The molecular formula is C11H13F3O2. The van der Waals surface area contributed by atoms with Gasteiger partial charge in [0.2, 0.25) is 0 Å². The Morgan fingerprint density at radius 3 is 2.25 bits per heavy atom. The Morgan fingerprint density at radius 2 is 1.88 bits per heavy atom. The molecule has 2 nitrogen and oxygen atoms in total. The molecule has 0 aliphatic rings. The third kappa shape index (κ3) is 2.47. The van der Waals surface area contributed by atoms with Gasteiger partial charge in [-0.15, -0.1) is 0 Å². The van der Waals surface area contributed by atoms with E-state index in [0.29, 0.717) is 6.07 Å². The minimum absolute atomic E-state index is 0.00491. The maximum atomic E-state index is 13.4. The lowest BCUT2D eigenvalue weighted by Gasteiger charge is -2.22. The Morgan fingerprint density at radius 1 is 1.31 bits per heavy atom. The van der Waals surface area contributed by atoms with Crippen molar-refractivity contribution >= 4 is 0 Å². The molecule has 5 heteroatoms. The summed E-state index contributed by atoms with van der Waals surface area (Å²) in [6.07, 6.45) is -2.79. The van der Waals surface area contributed by atoms with E-state index in [1.54, 1.807) is 0 Å². The van der Waals surface area contributed by atoms with Crippen LogP contribution in [0.2, 0.25) is 0 Å². The van der Waals surface area contributed by atoms with Crippen molar-refractivity contribution < 1.29 is 23.0 Å². The second kappa shape index (κ2) is 4.33. The van der Waals surface area contributed by atoms with E-state index in [0.717, 1.165) is 6.07 Å². The van der Waals surface area contributed by atoms with E-state index in [4.69, 9.17) is 4.74 Å². The fourth-order valence-corrected chi connectivity index (χ4v) is 1.40. The molecule has 0 spiro atoms. The Bertz CT molecular complexity index is 384. The van der Waals surface area contributed by atoms with Crippen molar-refractivity contribution in [1.82, 2.24) is 0 Å². The van der Waals surface area contributed by atoms with E-state index >= 15 is 0 Å². The molecule has 0 aromatic heterocycles. The zero-order valence-electron chi connectivity index (χ0n) is 9.22. The highest BCUT2D eigenvalue weighted by atomic mass is 19.3. The molecule has 0 bridgehead atoms. The van der Waals surface area contributed by atoms with Crippen LogP contribution in [0.1, 0.15) is 31.4 Å². The van der Waals surface area contributed by atoms with Crippen LogP contribution in [-0.4, -0.2) is 12.2 Å². The Labute approximate surface area is 91.7 Å². The number of benzene rings is 1. The summed E-state index contributed by atoms with van der Waals surface area (Å²) in [4.78, 5) is 0. The zero-order valence-corrected chi connectivity index (χ0v) is 9.22. The summed E-state index contributed by atoms with van der Waals surface area (Å²) < 4.78 is 43.1. The molecule has 1 aromatic carbocycles. The summed E-state index contributed by atoms with van der Waals surface area (Å²) in [5, 5.41) is 9.74. The largest absolute Gasteiger partial charge is 0.493 e. The van der Waals surface area contributed by atoms with E-state index in [-0.39, 0.29) is 11.3 Å². The van der Waals surface area contributed by atoms with Gasteiger partial charge in [-0.2, -0.15) is 0 Å². The Kier molecular flexibility index (Phi) is 3.48. The smallest absolute Gasteiger partial charge is 0.263 e. The van der Waals surface area contributed by atoms with Crippen LogP contribution < -0.4 is 4.74 Å². The van der Waals surface area contributed by atoms with Gasteiger partial charge in [-0.05, 0) is 26.0 Å². The van der Waals surface area contributed by atoms with Crippen LogP contribution in [0.4, 0.5) is 13.2 Å². The lowest BCUT2D eigenvalue weighted by Crippen LogP contribution is -2.18. The van der Waals surface area contributed by atoms with Gasteiger partial charge in [0.05, 0.1) is 12.7 Å². The molecule has 0 heterocycles. The molecule has 1 aromatic rings. The molecule has 0 atom stereocenters. The number of halogens is 3. The van der Waals surface area contributed by atoms with Crippen molar-refractivity contribution in [2.45, 2.75) is 25.9 Å². The van der Waals surface area contributed by atoms with Gasteiger partial charge in [0, 0.05) is 11.1 Å². The van der Waals surface area contributed by atoms with Crippen LogP contribution in [0.3, 0.4) is 0 Å². The summed E-state index contributed by atoms with van der Waals surface area (Å²) in [5.41, 5.74) is -1.92. The van der Waals surface area contributed by atoms with Crippen LogP contribution in [-0.2, 0) is 5.60 Å². The molecule has 0 fully saturated rings. The highest BCUT2D eigenvalue weighted by Crippen LogP contribution is 2.35. The summed E-state index contributed by atoms with van der Waals surface area (Å²) in [6, 6.07) is 1.76. The third-order valence-electron chi connectivity index (χ3n) is 2.18. The molecule has 0 aliphatic heterocycles. The highest BCUT2D eigenvalue weighted by molar-refractivity contribution is 5.42. The molecule has 0 aliphatic carbocycles. The van der Waals surface area contributed by atoms with Gasteiger partial charge in [0.1, 0.15) is 0 Å². The van der Waals surface area contributed by atoms with Crippen LogP contribution >= 0.6 is 0 Å². The van der Waals surface area contributed by atoms with Crippen LogP contribution in [0.15, 0.2) is 12.1 Å². The molecular weight excluding hydrogens is 221 g/mol. The molecule has 90 valence electrons. The number of alkyl halides is 2. The van der Waals surface area contributed by atoms with Crippen molar-refractivity contribution in [3.63, 3.8) is 0 Å². The molecule has 0 amide bonds. The fraction of sp³-hybridized carbons (Fsp3) is 0.455. The molecule has 0 radical (unpaired) electrons. The average molecular weight is 234 g/mol. The number of hydrogen-bond donors (Lipinski definition) is 1. The molecule has 0 saturated heterocycles. The van der Waals surface area contributed by atoms with Gasteiger partial charge in [0.15, 0.2) is 11.6 Å². The van der Waals surface area contributed by atoms with E-state index in [2.05, 4.69) is 0 Å². The second-order valence-corrected chi connectivity index (χ2v) is 3.94. The first-order valence-electron chi connectivity index (χ1n) is 4.65. The minimum Gasteiger partial charge on any atom is -0.493 e. The van der Waals surface area contributed by atoms with Gasteiger partial charge < -0.3 is 9.84 Å². The van der Waals surface area contributed by atoms with E-state index in [1.165, 1.54) is 21.0 Å². The number of aliphatic hydroxyl groups is 1. The lowest BCUT2D eigenvalue weighted by molar-refractivity contribution is 0.0742. The number of rotatable bonds is 3. The summed E-state index contributed by atoms with van der Waals surface area (Å²) in [7, 11) is 1.22. The lowest BCUT2D eigenvalue weighted by atomic mass is 9.95. The number of methoxy groups -OCH3 is 1. The van der Waals surface area contributed by atoms with E-state index < -0.39 is 23.4 Å². The monoisotopic (exact) mass is 234 g/mol.